The lowest BCUT2D eigenvalue weighted by atomic mass is 10.1. The molecule has 1 aliphatic heterocycles. The van der Waals surface area contributed by atoms with Crippen molar-refractivity contribution in [3.05, 3.63) is 39.9 Å². The van der Waals surface area contributed by atoms with Crippen LogP contribution in [0.25, 0.3) is 0 Å². The molecule has 2 rings (SSSR count). The highest BCUT2D eigenvalue weighted by molar-refractivity contribution is 5.78. The third kappa shape index (κ3) is 4.31. The van der Waals surface area contributed by atoms with E-state index in [1.807, 2.05) is 0 Å². The van der Waals surface area contributed by atoms with E-state index in [9.17, 15) is 14.9 Å². The molecule has 6 nitrogen and oxygen atoms in total. The van der Waals surface area contributed by atoms with E-state index >= 15 is 0 Å². The molecule has 0 aliphatic carbocycles. The van der Waals surface area contributed by atoms with Crippen molar-refractivity contribution < 1.29 is 9.72 Å². The first-order valence-corrected chi connectivity index (χ1v) is 6.88. The summed E-state index contributed by atoms with van der Waals surface area (Å²) >= 11 is 0. The van der Waals surface area contributed by atoms with Crippen LogP contribution in [0.2, 0.25) is 0 Å². The third-order valence-electron chi connectivity index (χ3n) is 3.45. The Morgan fingerprint density at radius 3 is 2.75 bits per heavy atom. The van der Waals surface area contributed by atoms with Gasteiger partial charge in [-0.2, -0.15) is 0 Å². The Bertz CT molecular complexity index is 465. The zero-order valence-electron chi connectivity index (χ0n) is 11.3. The second-order valence-corrected chi connectivity index (χ2v) is 5.05. The van der Waals surface area contributed by atoms with Gasteiger partial charge in [0.2, 0.25) is 5.91 Å². The van der Waals surface area contributed by atoms with Crippen LogP contribution in [0.4, 0.5) is 5.69 Å². The van der Waals surface area contributed by atoms with Crippen molar-refractivity contribution in [2.75, 3.05) is 13.1 Å². The minimum atomic E-state index is -0.442. The fraction of sp³-hybridized carbons (Fsp3) is 0.500. The lowest BCUT2D eigenvalue weighted by Gasteiger charge is -2.15. The van der Waals surface area contributed by atoms with Crippen molar-refractivity contribution in [2.24, 2.45) is 0 Å². The van der Waals surface area contributed by atoms with Gasteiger partial charge in [0.25, 0.3) is 5.69 Å². The normalized spacial score (nSPS) is 19.1. The molecule has 1 aliphatic rings. The summed E-state index contributed by atoms with van der Waals surface area (Å²) in [5, 5.41) is 16.9. The Hall–Kier alpha value is -1.95. The third-order valence-corrected chi connectivity index (χ3v) is 3.45. The number of carbonyl (C=O) groups is 1. The van der Waals surface area contributed by atoms with E-state index in [1.54, 1.807) is 12.1 Å². The van der Waals surface area contributed by atoms with Gasteiger partial charge in [0.1, 0.15) is 0 Å². The van der Waals surface area contributed by atoms with E-state index in [1.165, 1.54) is 12.1 Å². The Morgan fingerprint density at radius 2 is 2.05 bits per heavy atom. The minimum absolute atomic E-state index is 0.0225. The number of carbonyl (C=O) groups excluding carboxylic acids is 1. The molecule has 0 radical (unpaired) electrons. The second kappa shape index (κ2) is 7.00. The van der Waals surface area contributed by atoms with Crippen LogP contribution >= 0.6 is 0 Å². The Kier molecular flexibility index (Phi) is 5.06. The molecule has 1 saturated heterocycles. The number of rotatable bonds is 4. The SMILES string of the molecule is O=C(Cc1ccc([N+](=O)[O-])cc1)NC1CCCNCC1. The smallest absolute Gasteiger partial charge is 0.269 e. The van der Waals surface area contributed by atoms with Gasteiger partial charge in [0.15, 0.2) is 0 Å². The van der Waals surface area contributed by atoms with Gasteiger partial charge in [-0.3, -0.25) is 14.9 Å². The lowest BCUT2D eigenvalue weighted by Crippen LogP contribution is -2.36. The van der Waals surface area contributed by atoms with Crippen molar-refractivity contribution in [3.63, 3.8) is 0 Å². The molecule has 1 unspecified atom stereocenters. The number of nitrogens with zero attached hydrogens (tertiary/aromatic N) is 1. The van der Waals surface area contributed by atoms with Crippen LogP contribution in [0.1, 0.15) is 24.8 Å². The number of hydrogen-bond acceptors (Lipinski definition) is 4. The topological polar surface area (TPSA) is 84.3 Å². The predicted molar refractivity (Wildman–Crippen MR) is 75.5 cm³/mol. The first-order valence-electron chi connectivity index (χ1n) is 6.88. The summed E-state index contributed by atoms with van der Waals surface area (Å²) in [6.45, 7) is 1.94. The average Bonchev–Trinajstić information content (AvgIpc) is 2.68. The Labute approximate surface area is 117 Å². The zero-order chi connectivity index (χ0) is 14.4. The molecule has 0 saturated carbocycles. The van der Waals surface area contributed by atoms with Gasteiger partial charge >= 0.3 is 0 Å². The maximum atomic E-state index is 11.9. The number of nitro benzene ring substituents is 1. The summed E-state index contributed by atoms with van der Waals surface area (Å²) in [7, 11) is 0. The molecule has 0 spiro atoms. The summed E-state index contributed by atoms with van der Waals surface area (Å²) in [6, 6.07) is 6.35. The molecule has 108 valence electrons. The van der Waals surface area contributed by atoms with Crippen LogP contribution in [0.15, 0.2) is 24.3 Å². The van der Waals surface area contributed by atoms with Crippen LogP contribution in [-0.4, -0.2) is 30.0 Å². The number of amides is 1. The molecule has 2 N–H and O–H groups in total. The largest absolute Gasteiger partial charge is 0.353 e. The maximum Gasteiger partial charge on any atom is 0.269 e. The standard InChI is InChI=1S/C14H19N3O3/c18-14(16-12-2-1-8-15-9-7-12)10-11-3-5-13(6-4-11)17(19)20/h3-6,12,15H,1-2,7-10H2,(H,16,18). The van der Waals surface area contributed by atoms with Crippen LogP contribution in [0.5, 0.6) is 0 Å². The van der Waals surface area contributed by atoms with Gasteiger partial charge in [0, 0.05) is 18.2 Å². The quantitative estimate of drug-likeness (QED) is 0.643. The van der Waals surface area contributed by atoms with Crippen molar-refractivity contribution in [1.29, 1.82) is 0 Å². The summed E-state index contributed by atoms with van der Waals surface area (Å²) in [5.74, 6) is -0.0225. The summed E-state index contributed by atoms with van der Waals surface area (Å²) in [6.07, 6.45) is 3.29. The van der Waals surface area contributed by atoms with Crippen molar-refractivity contribution in [1.82, 2.24) is 10.6 Å². The molecule has 20 heavy (non-hydrogen) atoms. The fourth-order valence-corrected chi connectivity index (χ4v) is 2.36. The molecule has 0 bridgehead atoms. The molecule has 1 fully saturated rings. The highest BCUT2D eigenvalue weighted by atomic mass is 16.6. The molecule has 1 aromatic rings. The molecule has 1 atom stereocenters. The van der Waals surface area contributed by atoms with Crippen LogP contribution in [-0.2, 0) is 11.2 Å². The van der Waals surface area contributed by atoms with Gasteiger partial charge in [-0.25, -0.2) is 0 Å². The fourth-order valence-electron chi connectivity index (χ4n) is 2.36. The first-order chi connectivity index (χ1) is 9.65. The van der Waals surface area contributed by atoms with Gasteiger partial charge in [-0.1, -0.05) is 12.1 Å². The molecular weight excluding hydrogens is 258 g/mol. The first kappa shape index (κ1) is 14.5. The molecule has 1 heterocycles. The highest BCUT2D eigenvalue weighted by Crippen LogP contribution is 2.12. The predicted octanol–water partition coefficient (Wildman–Crippen LogP) is 1.40. The number of non-ortho nitro benzene ring substituents is 1. The van der Waals surface area contributed by atoms with Crippen molar-refractivity contribution in [2.45, 2.75) is 31.7 Å². The molecule has 1 aromatic carbocycles. The molecule has 1 amide bonds. The number of benzene rings is 1. The van der Waals surface area contributed by atoms with Crippen molar-refractivity contribution >= 4 is 11.6 Å². The maximum absolute atomic E-state index is 11.9. The van der Waals surface area contributed by atoms with Gasteiger partial charge in [0.05, 0.1) is 11.3 Å². The molecule has 6 heteroatoms. The highest BCUT2D eigenvalue weighted by Gasteiger charge is 2.14. The molecule has 0 aromatic heterocycles. The minimum Gasteiger partial charge on any atom is -0.353 e. The Morgan fingerprint density at radius 1 is 1.30 bits per heavy atom. The van der Waals surface area contributed by atoms with E-state index in [0.717, 1.165) is 37.9 Å². The summed E-state index contributed by atoms with van der Waals surface area (Å²) in [4.78, 5) is 22.1. The van der Waals surface area contributed by atoms with Crippen LogP contribution in [0.3, 0.4) is 0 Å². The zero-order valence-corrected chi connectivity index (χ0v) is 11.3. The van der Waals surface area contributed by atoms with Crippen LogP contribution < -0.4 is 10.6 Å². The van der Waals surface area contributed by atoms with Crippen LogP contribution in [0, 0.1) is 10.1 Å². The number of nitro groups is 1. The van der Waals surface area contributed by atoms with E-state index < -0.39 is 4.92 Å². The second-order valence-electron chi connectivity index (χ2n) is 5.05. The van der Waals surface area contributed by atoms with Gasteiger partial charge in [-0.05, 0) is 37.9 Å². The van der Waals surface area contributed by atoms with Gasteiger partial charge < -0.3 is 10.6 Å². The van der Waals surface area contributed by atoms with E-state index in [-0.39, 0.29) is 24.1 Å². The number of nitrogens with one attached hydrogen (secondary N) is 2. The monoisotopic (exact) mass is 277 g/mol. The van der Waals surface area contributed by atoms with E-state index in [4.69, 9.17) is 0 Å². The number of hydrogen-bond donors (Lipinski definition) is 2. The van der Waals surface area contributed by atoms with Gasteiger partial charge in [-0.15, -0.1) is 0 Å². The Balaban J connectivity index is 1.85. The summed E-state index contributed by atoms with van der Waals surface area (Å²) < 4.78 is 0. The average molecular weight is 277 g/mol. The lowest BCUT2D eigenvalue weighted by molar-refractivity contribution is -0.384. The van der Waals surface area contributed by atoms with Crippen molar-refractivity contribution in [3.8, 4) is 0 Å². The van der Waals surface area contributed by atoms with E-state index in [2.05, 4.69) is 10.6 Å². The summed E-state index contributed by atoms with van der Waals surface area (Å²) in [5.41, 5.74) is 0.837. The van der Waals surface area contributed by atoms with E-state index in [0.29, 0.717) is 0 Å². The molecular formula is C14H19N3O3.